The lowest BCUT2D eigenvalue weighted by Gasteiger charge is -2.30. The molecule has 2 atom stereocenters. The maximum Gasteiger partial charge on any atom is 0.255 e. The Labute approximate surface area is 166 Å². The largest absolute Gasteiger partial charge is 0.490 e. The third-order valence-electron chi connectivity index (χ3n) is 4.60. The minimum absolute atomic E-state index is 0. The van der Waals surface area contributed by atoms with Crippen LogP contribution in [0, 0.1) is 5.92 Å². The van der Waals surface area contributed by atoms with Crippen LogP contribution in [-0.4, -0.2) is 31.6 Å². The van der Waals surface area contributed by atoms with Crippen LogP contribution in [0.3, 0.4) is 0 Å². The molecule has 1 aliphatic heterocycles. The van der Waals surface area contributed by atoms with E-state index in [1.54, 1.807) is 6.07 Å². The van der Waals surface area contributed by atoms with Crippen LogP contribution < -0.4 is 20.1 Å². The Balaban J connectivity index is 0.00000261. The van der Waals surface area contributed by atoms with Crippen molar-refractivity contribution in [2.75, 3.05) is 19.7 Å². The molecule has 1 amide bonds. The molecule has 0 aliphatic carbocycles. The number of piperidine rings is 1. The summed E-state index contributed by atoms with van der Waals surface area (Å²) in [6.07, 6.45) is 0.934. The van der Waals surface area contributed by atoms with Gasteiger partial charge in [0.1, 0.15) is 5.75 Å². The molecule has 0 bridgehead atoms. The molecule has 0 spiro atoms. The number of carbonyl (C=O) groups excluding carboxylic acids is 1. The zero-order valence-corrected chi connectivity index (χ0v) is 16.6. The van der Waals surface area contributed by atoms with Crippen LogP contribution in [0.25, 0.3) is 0 Å². The van der Waals surface area contributed by atoms with E-state index in [9.17, 15) is 4.79 Å². The maximum atomic E-state index is 12.8. The van der Waals surface area contributed by atoms with Crippen molar-refractivity contribution < 1.29 is 14.3 Å². The Morgan fingerprint density at radius 1 is 1.11 bits per heavy atom. The Kier molecular flexibility index (Phi) is 7.95. The summed E-state index contributed by atoms with van der Waals surface area (Å²) in [6, 6.07) is 15.0. The number of halogens is 1. The molecular formula is C21H27ClN2O3. The minimum Gasteiger partial charge on any atom is -0.490 e. The first kappa shape index (κ1) is 21.1. The van der Waals surface area contributed by atoms with E-state index in [1.165, 1.54) is 0 Å². The summed E-state index contributed by atoms with van der Waals surface area (Å²) < 4.78 is 11.6. The fraction of sp³-hybridized carbons (Fsp3) is 0.381. The highest BCUT2D eigenvalue weighted by Gasteiger charge is 2.24. The molecule has 2 N–H and O–H groups in total. The zero-order valence-electron chi connectivity index (χ0n) is 15.7. The molecule has 6 heteroatoms. The fourth-order valence-electron chi connectivity index (χ4n) is 3.15. The van der Waals surface area contributed by atoms with Crippen molar-refractivity contribution >= 4 is 18.3 Å². The highest BCUT2D eigenvalue weighted by molar-refractivity contribution is 5.97. The fourth-order valence-corrected chi connectivity index (χ4v) is 3.15. The molecule has 1 fully saturated rings. The number of carbonyl (C=O) groups is 1. The summed E-state index contributed by atoms with van der Waals surface area (Å²) in [5.41, 5.74) is 0.532. The lowest BCUT2D eigenvalue weighted by atomic mass is 9.95. The van der Waals surface area contributed by atoms with Crippen molar-refractivity contribution in [1.82, 2.24) is 10.6 Å². The molecule has 1 aliphatic rings. The molecule has 0 radical (unpaired) electrons. The van der Waals surface area contributed by atoms with Gasteiger partial charge in [0.2, 0.25) is 0 Å². The van der Waals surface area contributed by atoms with Crippen LogP contribution in [0.4, 0.5) is 0 Å². The second kappa shape index (κ2) is 10.2. The first-order chi connectivity index (χ1) is 12.7. The Morgan fingerprint density at radius 2 is 1.78 bits per heavy atom. The molecule has 0 aromatic heterocycles. The van der Waals surface area contributed by atoms with E-state index < -0.39 is 0 Å². The van der Waals surface area contributed by atoms with Gasteiger partial charge in [-0.15, -0.1) is 12.4 Å². The van der Waals surface area contributed by atoms with Crippen molar-refractivity contribution in [1.29, 1.82) is 0 Å². The normalized spacial score (nSPS) is 18.9. The predicted octanol–water partition coefficient (Wildman–Crippen LogP) is 4.03. The molecule has 27 heavy (non-hydrogen) atoms. The van der Waals surface area contributed by atoms with E-state index in [2.05, 4.69) is 17.6 Å². The van der Waals surface area contributed by atoms with Crippen molar-refractivity contribution in [3.63, 3.8) is 0 Å². The Hall–Kier alpha value is -2.24. The molecule has 1 heterocycles. The van der Waals surface area contributed by atoms with Gasteiger partial charge in [0.25, 0.3) is 5.91 Å². The van der Waals surface area contributed by atoms with Gasteiger partial charge in [-0.05, 0) is 56.6 Å². The van der Waals surface area contributed by atoms with Gasteiger partial charge in [-0.3, -0.25) is 4.79 Å². The lowest BCUT2D eigenvalue weighted by molar-refractivity contribution is 0.0911. The molecule has 1 saturated heterocycles. The van der Waals surface area contributed by atoms with Crippen LogP contribution in [0.1, 0.15) is 30.6 Å². The first-order valence-electron chi connectivity index (χ1n) is 9.19. The third kappa shape index (κ3) is 5.37. The number of para-hydroxylation sites is 3. The monoisotopic (exact) mass is 390 g/mol. The van der Waals surface area contributed by atoms with Crippen LogP contribution in [-0.2, 0) is 0 Å². The average Bonchev–Trinajstić information content (AvgIpc) is 2.66. The Bertz CT molecular complexity index is 754. The van der Waals surface area contributed by atoms with Crippen LogP contribution in [0.2, 0.25) is 0 Å². The number of amides is 1. The summed E-state index contributed by atoms with van der Waals surface area (Å²) in [5.74, 6) is 2.09. The molecule has 2 unspecified atom stereocenters. The van der Waals surface area contributed by atoms with E-state index >= 15 is 0 Å². The Morgan fingerprint density at radius 3 is 2.48 bits per heavy atom. The summed E-state index contributed by atoms with van der Waals surface area (Å²) in [4.78, 5) is 12.8. The topological polar surface area (TPSA) is 59.6 Å². The smallest absolute Gasteiger partial charge is 0.255 e. The maximum absolute atomic E-state index is 12.8. The van der Waals surface area contributed by atoms with E-state index in [0.29, 0.717) is 35.3 Å². The molecule has 5 nitrogen and oxygen atoms in total. The molecule has 0 saturated carbocycles. The summed E-state index contributed by atoms with van der Waals surface area (Å²) in [5, 5.41) is 6.51. The third-order valence-corrected chi connectivity index (χ3v) is 4.60. The lowest BCUT2D eigenvalue weighted by Crippen LogP contribution is -2.48. The van der Waals surface area contributed by atoms with Crippen LogP contribution in [0.5, 0.6) is 17.2 Å². The van der Waals surface area contributed by atoms with Crippen molar-refractivity contribution in [3.05, 3.63) is 54.1 Å². The van der Waals surface area contributed by atoms with Crippen molar-refractivity contribution in [3.8, 4) is 17.2 Å². The number of hydrogen-bond acceptors (Lipinski definition) is 4. The predicted molar refractivity (Wildman–Crippen MR) is 109 cm³/mol. The number of hydrogen-bond donors (Lipinski definition) is 2. The van der Waals surface area contributed by atoms with Crippen LogP contribution >= 0.6 is 12.4 Å². The standard InChI is InChI=1S/C21H26N2O3.ClH/c1-3-25-19-10-6-7-11-20(19)26-18-9-5-4-8-16(18)21(24)23-17-12-13-22-14-15(17)2;/h4-11,15,17,22H,3,12-14H2,1-2H3,(H,23,24);1H. The number of benzene rings is 2. The highest BCUT2D eigenvalue weighted by atomic mass is 35.5. The molecular weight excluding hydrogens is 364 g/mol. The van der Waals surface area contributed by atoms with Crippen LogP contribution in [0.15, 0.2) is 48.5 Å². The van der Waals surface area contributed by atoms with E-state index in [-0.39, 0.29) is 24.4 Å². The summed E-state index contributed by atoms with van der Waals surface area (Å²) in [7, 11) is 0. The van der Waals surface area contributed by atoms with Gasteiger partial charge < -0.3 is 20.1 Å². The molecule has 2 aromatic carbocycles. The van der Waals surface area contributed by atoms with E-state index in [4.69, 9.17) is 9.47 Å². The van der Waals surface area contributed by atoms with Gasteiger partial charge in [0.05, 0.1) is 12.2 Å². The van der Waals surface area contributed by atoms with Crippen molar-refractivity contribution in [2.24, 2.45) is 5.92 Å². The summed E-state index contributed by atoms with van der Waals surface area (Å²) in [6.45, 7) is 6.48. The van der Waals surface area contributed by atoms with Gasteiger partial charge in [-0.1, -0.05) is 31.2 Å². The quantitative estimate of drug-likeness (QED) is 0.781. The minimum atomic E-state index is -0.103. The zero-order chi connectivity index (χ0) is 18.4. The highest BCUT2D eigenvalue weighted by Crippen LogP contribution is 2.33. The second-order valence-corrected chi connectivity index (χ2v) is 6.53. The number of nitrogens with one attached hydrogen (secondary N) is 2. The summed E-state index contributed by atoms with van der Waals surface area (Å²) >= 11 is 0. The molecule has 2 aromatic rings. The van der Waals surface area contributed by atoms with E-state index in [1.807, 2.05) is 49.4 Å². The average molecular weight is 391 g/mol. The molecule has 3 rings (SSSR count). The first-order valence-corrected chi connectivity index (χ1v) is 9.19. The van der Waals surface area contributed by atoms with Crippen molar-refractivity contribution in [2.45, 2.75) is 26.3 Å². The number of ether oxygens (including phenoxy) is 2. The number of rotatable bonds is 6. The SMILES string of the molecule is CCOc1ccccc1Oc1ccccc1C(=O)NC1CCNCC1C.Cl. The van der Waals surface area contributed by atoms with Gasteiger partial charge >= 0.3 is 0 Å². The van der Waals surface area contributed by atoms with Gasteiger partial charge in [0, 0.05) is 6.04 Å². The van der Waals surface area contributed by atoms with Gasteiger partial charge in [-0.25, -0.2) is 0 Å². The van der Waals surface area contributed by atoms with Gasteiger partial charge in [-0.2, -0.15) is 0 Å². The van der Waals surface area contributed by atoms with E-state index in [0.717, 1.165) is 19.5 Å². The molecule has 146 valence electrons. The van der Waals surface area contributed by atoms with Gasteiger partial charge in [0.15, 0.2) is 11.5 Å². The second-order valence-electron chi connectivity index (χ2n) is 6.53.